The minimum Gasteiger partial charge on any atom is -0.174 e. The minimum absolute atomic E-state index is 0.00141. The van der Waals surface area contributed by atoms with E-state index < -0.39 is 6.08 Å². The zero-order chi connectivity index (χ0) is 12.2. The van der Waals surface area contributed by atoms with Gasteiger partial charge in [0.1, 0.15) is 5.01 Å². The molecule has 0 fully saturated rings. The first-order valence-electron chi connectivity index (χ1n) is 4.87. The van der Waals surface area contributed by atoms with E-state index in [9.17, 15) is 8.78 Å². The van der Waals surface area contributed by atoms with Gasteiger partial charge in [-0.15, -0.1) is 10.2 Å². The second-order valence-electron chi connectivity index (χ2n) is 4.25. The highest BCUT2D eigenvalue weighted by molar-refractivity contribution is 8.01. The smallest absolute Gasteiger partial charge is 0.174 e. The third kappa shape index (κ3) is 4.57. The van der Waals surface area contributed by atoms with Crippen LogP contribution in [0.3, 0.4) is 0 Å². The summed E-state index contributed by atoms with van der Waals surface area (Å²) >= 11 is 3.00. The summed E-state index contributed by atoms with van der Waals surface area (Å²) in [5, 5.41) is 9.08. The Kier molecular flexibility index (Phi) is 4.86. The number of hydrogen-bond donors (Lipinski definition) is 0. The highest BCUT2D eigenvalue weighted by Gasteiger charge is 2.19. The van der Waals surface area contributed by atoms with E-state index in [1.807, 2.05) is 0 Å². The van der Waals surface area contributed by atoms with Crippen molar-refractivity contribution < 1.29 is 8.78 Å². The molecule has 0 bridgehead atoms. The lowest BCUT2D eigenvalue weighted by atomic mass is 9.98. The van der Waals surface area contributed by atoms with E-state index in [0.717, 1.165) is 15.4 Å². The van der Waals surface area contributed by atoms with Crippen LogP contribution < -0.4 is 0 Å². The van der Waals surface area contributed by atoms with Crippen molar-refractivity contribution in [1.29, 1.82) is 0 Å². The number of nitrogens with zero attached hydrogens (tertiary/aromatic N) is 2. The molecule has 0 saturated heterocycles. The number of hydrogen-bond acceptors (Lipinski definition) is 4. The quantitative estimate of drug-likeness (QED) is 0.605. The van der Waals surface area contributed by atoms with E-state index in [4.69, 9.17) is 0 Å². The molecule has 0 aromatic carbocycles. The molecule has 2 nitrogen and oxygen atoms in total. The Bertz CT molecular complexity index is 365. The second kappa shape index (κ2) is 5.72. The van der Waals surface area contributed by atoms with E-state index in [1.165, 1.54) is 23.1 Å². The normalized spacial score (nSPS) is 11.6. The van der Waals surface area contributed by atoms with E-state index in [-0.39, 0.29) is 5.41 Å². The third-order valence-electron chi connectivity index (χ3n) is 1.69. The van der Waals surface area contributed by atoms with Crippen LogP contribution in [0, 0.1) is 0 Å². The van der Waals surface area contributed by atoms with E-state index in [0.29, 0.717) is 12.2 Å². The average Bonchev–Trinajstić information content (AvgIpc) is 2.59. The Balaban J connectivity index is 2.44. The molecule has 1 aromatic heterocycles. The molecule has 0 aliphatic rings. The van der Waals surface area contributed by atoms with E-state index in [2.05, 4.69) is 31.0 Å². The van der Waals surface area contributed by atoms with Gasteiger partial charge in [0, 0.05) is 11.2 Å². The van der Waals surface area contributed by atoms with Gasteiger partial charge in [-0.2, -0.15) is 8.78 Å². The Labute approximate surface area is 102 Å². The van der Waals surface area contributed by atoms with Gasteiger partial charge < -0.3 is 0 Å². The van der Waals surface area contributed by atoms with Gasteiger partial charge in [0.15, 0.2) is 4.34 Å². The van der Waals surface area contributed by atoms with Gasteiger partial charge in [0.05, 0.1) is 0 Å². The molecule has 0 unspecified atom stereocenters. The van der Waals surface area contributed by atoms with Gasteiger partial charge in [-0.3, -0.25) is 0 Å². The van der Waals surface area contributed by atoms with Crippen molar-refractivity contribution in [2.24, 2.45) is 0 Å². The molecular formula is C10H14F2N2S2. The first kappa shape index (κ1) is 13.6. The standard InChI is InChI=1S/C10H14F2N2S2/c1-10(2,3)8-13-14-9(16-8)15-6-4-5-7(11)12/h5H,4,6H2,1-3H3. The molecule has 0 atom stereocenters. The summed E-state index contributed by atoms with van der Waals surface area (Å²) in [6.07, 6.45) is -0.330. The Morgan fingerprint density at radius 1 is 1.38 bits per heavy atom. The second-order valence-corrected chi connectivity index (χ2v) is 6.57. The fourth-order valence-electron chi connectivity index (χ4n) is 0.885. The van der Waals surface area contributed by atoms with E-state index in [1.54, 1.807) is 0 Å². The minimum atomic E-state index is -1.62. The van der Waals surface area contributed by atoms with Gasteiger partial charge in [-0.25, -0.2) is 0 Å². The van der Waals surface area contributed by atoms with Crippen LogP contribution in [0.15, 0.2) is 16.5 Å². The Hall–Kier alpha value is -0.490. The van der Waals surface area contributed by atoms with Gasteiger partial charge in [-0.05, 0) is 12.5 Å². The van der Waals surface area contributed by atoms with Gasteiger partial charge >= 0.3 is 0 Å². The van der Waals surface area contributed by atoms with Crippen LogP contribution in [0.5, 0.6) is 0 Å². The molecule has 0 amide bonds. The molecule has 0 saturated carbocycles. The largest absolute Gasteiger partial charge is 0.266 e. The summed E-state index contributed by atoms with van der Waals surface area (Å²) in [4.78, 5) is 0. The van der Waals surface area contributed by atoms with Crippen molar-refractivity contribution in [2.45, 2.75) is 36.9 Å². The Morgan fingerprint density at radius 2 is 2.06 bits per heavy atom. The van der Waals surface area contributed by atoms with Crippen LogP contribution in [0.4, 0.5) is 8.78 Å². The van der Waals surface area contributed by atoms with Crippen LogP contribution >= 0.6 is 23.1 Å². The molecule has 0 aliphatic carbocycles. The maximum atomic E-state index is 11.7. The SMILES string of the molecule is CC(C)(C)c1nnc(SCCC=C(F)F)s1. The summed E-state index contributed by atoms with van der Waals surface area (Å²) < 4.78 is 24.3. The molecule has 0 radical (unpaired) electrons. The molecular weight excluding hydrogens is 250 g/mol. The van der Waals surface area contributed by atoms with Crippen molar-refractivity contribution in [2.75, 3.05) is 5.75 Å². The van der Waals surface area contributed by atoms with Gasteiger partial charge in [0.2, 0.25) is 0 Å². The predicted molar refractivity (Wildman–Crippen MR) is 64.2 cm³/mol. The fraction of sp³-hybridized carbons (Fsp3) is 0.600. The van der Waals surface area contributed by atoms with Crippen LogP contribution in [-0.4, -0.2) is 16.0 Å². The van der Waals surface area contributed by atoms with Crippen molar-refractivity contribution in [3.63, 3.8) is 0 Å². The Morgan fingerprint density at radius 3 is 2.56 bits per heavy atom. The summed E-state index contributed by atoms with van der Waals surface area (Å²) in [6.45, 7) is 6.22. The third-order valence-corrected chi connectivity index (χ3v) is 4.21. The predicted octanol–water partition coefficient (Wildman–Crippen LogP) is 4.10. The topological polar surface area (TPSA) is 25.8 Å². The monoisotopic (exact) mass is 264 g/mol. The van der Waals surface area contributed by atoms with E-state index >= 15 is 0 Å². The highest BCUT2D eigenvalue weighted by Crippen LogP contribution is 2.30. The summed E-state index contributed by atoms with van der Waals surface area (Å²) in [7, 11) is 0. The maximum Gasteiger partial charge on any atom is 0.266 e. The van der Waals surface area contributed by atoms with Crippen LogP contribution in [0.1, 0.15) is 32.2 Å². The summed E-state index contributed by atoms with van der Waals surface area (Å²) in [5.41, 5.74) is 0.00141. The number of thioether (sulfide) groups is 1. The molecule has 0 N–H and O–H groups in total. The van der Waals surface area contributed by atoms with Crippen molar-refractivity contribution in [3.8, 4) is 0 Å². The lowest BCUT2D eigenvalue weighted by Crippen LogP contribution is -2.10. The van der Waals surface area contributed by atoms with Crippen LogP contribution in [0.25, 0.3) is 0 Å². The van der Waals surface area contributed by atoms with Crippen LogP contribution in [0.2, 0.25) is 0 Å². The fourth-order valence-corrected chi connectivity index (χ4v) is 2.75. The number of halogens is 2. The summed E-state index contributed by atoms with van der Waals surface area (Å²) in [6, 6.07) is 0. The maximum absolute atomic E-state index is 11.7. The van der Waals surface area contributed by atoms with Crippen LogP contribution in [-0.2, 0) is 5.41 Å². The zero-order valence-corrected chi connectivity index (χ0v) is 11.1. The van der Waals surface area contributed by atoms with Crippen molar-refractivity contribution in [1.82, 2.24) is 10.2 Å². The lowest BCUT2D eigenvalue weighted by Gasteiger charge is -2.12. The molecule has 90 valence electrons. The molecule has 1 heterocycles. The molecule has 1 aromatic rings. The van der Waals surface area contributed by atoms with Crippen molar-refractivity contribution in [3.05, 3.63) is 17.2 Å². The van der Waals surface area contributed by atoms with Gasteiger partial charge in [0.25, 0.3) is 6.08 Å². The first-order chi connectivity index (χ1) is 7.39. The molecule has 6 heteroatoms. The number of aromatic nitrogens is 2. The molecule has 1 rings (SSSR count). The molecule has 0 spiro atoms. The number of allylic oxidation sites excluding steroid dienone is 1. The summed E-state index contributed by atoms with van der Waals surface area (Å²) in [5.74, 6) is 0.607. The molecule has 16 heavy (non-hydrogen) atoms. The van der Waals surface area contributed by atoms with Crippen molar-refractivity contribution >= 4 is 23.1 Å². The van der Waals surface area contributed by atoms with Gasteiger partial charge in [-0.1, -0.05) is 43.9 Å². The molecule has 0 aliphatic heterocycles. The average molecular weight is 264 g/mol. The lowest BCUT2D eigenvalue weighted by molar-refractivity contribution is 0.418. The number of rotatable bonds is 4. The highest BCUT2D eigenvalue weighted by atomic mass is 32.2. The zero-order valence-electron chi connectivity index (χ0n) is 9.46. The first-order valence-corrected chi connectivity index (χ1v) is 6.68.